The summed E-state index contributed by atoms with van der Waals surface area (Å²) in [4.78, 5) is 33.2. The largest absolute Gasteiger partial charge is 0.347 e. The van der Waals surface area contributed by atoms with Crippen LogP contribution >= 0.6 is 11.6 Å². The van der Waals surface area contributed by atoms with Gasteiger partial charge in [0.1, 0.15) is 0 Å². The molecule has 13 heteroatoms. The number of aromatic nitrogens is 4. The van der Waals surface area contributed by atoms with Gasteiger partial charge in [-0.1, -0.05) is 11.6 Å². The zero-order valence-corrected chi connectivity index (χ0v) is 21.8. The van der Waals surface area contributed by atoms with Crippen molar-refractivity contribution < 1.29 is 13.2 Å². The van der Waals surface area contributed by atoms with Gasteiger partial charge < -0.3 is 20.1 Å². The summed E-state index contributed by atoms with van der Waals surface area (Å²) in [5, 5.41) is 3.66. The molecule has 11 nitrogen and oxygen atoms in total. The number of aromatic amines is 1. The number of H-pyrrole nitrogens is 1. The van der Waals surface area contributed by atoms with E-state index in [0.717, 1.165) is 31.6 Å². The molecule has 1 aromatic carbocycles. The smallest absolute Gasteiger partial charge is 0.277 e. The lowest BCUT2D eigenvalue weighted by Gasteiger charge is -2.42. The number of rotatable bonds is 6. The van der Waals surface area contributed by atoms with E-state index in [1.807, 2.05) is 25.1 Å². The van der Waals surface area contributed by atoms with Crippen LogP contribution in [0.15, 0.2) is 35.6 Å². The summed E-state index contributed by atoms with van der Waals surface area (Å²) >= 11 is 6.02. The standard InChI is InChI=1S/C23H29ClN8O3S/c1-30(2)22-26-10-7-18(27-22)21(15-5-8-25-9-6-15)32-12-11-31(14-20(32)33)36(34,35)23-28-17-4-3-16(24)13-19(17)29-23/h3-4,7,10,13,15,21,25H,5-6,8-9,11-12,14H2,1-2H3,(H,28,29). The Morgan fingerprint density at radius 3 is 2.64 bits per heavy atom. The van der Waals surface area contributed by atoms with Crippen LogP contribution in [0, 0.1) is 5.92 Å². The average molecular weight is 533 g/mol. The van der Waals surface area contributed by atoms with Gasteiger partial charge in [-0.05, 0) is 56.1 Å². The third kappa shape index (κ3) is 4.77. The Kier molecular flexibility index (Phi) is 6.86. The monoisotopic (exact) mass is 532 g/mol. The van der Waals surface area contributed by atoms with Crippen LogP contribution in [0.1, 0.15) is 24.6 Å². The van der Waals surface area contributed by atoms with Crippen molar-refractivity contribution in [2.45, 2.75) is 24.0 Å². The van der Waals surface area contributed by atoms with Crippen molar-refractivity contribution in [2.24, 2.45) is 5.92 Å². The molecule has 1 unspecified atom stereocenters. The molecule has 0 bridgehead atoms. The first-order valence-electron chi connectivity index (χ1n) is 11.9. The van der Waals surface area contributed by atoms with Crippen molar-refractivity contribution in [3.63, 3.8) is 0 Å². The fourth-order valence-corrected chi connectivity index (χ4v) is 6.40. The maximum atomic E-state index is 13.5. The second-order valence-electron chi connectivity index (χ2n) is 9.34. The van der Waals surface area contributed by atoms with Crippen LogP contribution in [0.25, 0.3) is 11.0 Å². The number of amides is 1. The molecule has 2 aromatic heterocycles. The summed E-state index contributed by atoms with van der Waals surface area (Å²) in [6, 6.07) is 6.54. The third-order valence-electron chi connectivity index (χ3n) is 6.76. The number of benzene rings is 1. The first kappa shape index (κ1) is 24.9. The maximum Gasteiger partial charge on any atom is 0.277 e. The zero-order valence-electron chi connectivity index (χ0n) is 20.2. The van der Waals surface area contributed by atoms with Gasteiger partial charge in [0.05, 0.1) is 29.3 Å². The summed E-state index contributed by atoms with van der Waals surface area (Å²) < 4.78 is 27.9. The molecule has 0 saturated carbocycles. The van der Waals surface area contributed by atoms with E-state index < -0.39 is 10.0 Å². The molecule has 0 radical (unpaired) electrons. The molecule has 5 rings (SSSR count). The molecular formula is C23H29ClN8O3S. The number of anilines is 1. The Morgan fingerprint density at radius 2 is 1.92 bits per heavy atom. The maximum absolute atomic E-state index is 13.5. The van der Waals surface area contributed by atoms with Crippen LogP contribution in [-0.4, -0.2) is 90.3 Å². The number of fused-ring (bicyclic) bond motifs is 1. The summed E-state index contributed by atoms with van der Waals surface area (Å²) in [6.07, 6.45) is 3.52. The number of nitrogens with zero attached hydrogens (tertiary/aromatic N) is 6. The van der Waals surface area contributed by atoms with Gasteiger partial charge in [0, 0.05) is 38.4 Å². The first-order chi connectivity index (χ1) is 17.2. The van der Waals surface area contributed by atoms with Crippen molar-refractivity contribution in [3.05, 3.63) is 41.2 Å². The molecule has 4 heterocycles. The minimum absolute atomic E-state index is 0.166. The molecule has 2 saturated heterocycles. The molecule has 36 heavy (non-hydrogen) atoms. The molecule has 1 atom stereocenters. The number of carbonyl (C=O) groups excluding carboxylic acids is 1. The van der Waals surface area contributed by atoms with E-state index in [1.54, 1.807) is 29.3 Å². The van der Waals surface area contributed by atoms with Crippen molar-refractivity contribution in [1.29, 1.82) is 0 Å². The quantitative estimate of drug-likeness (QED) is 0.490. The molecule has 2 aliphatic heterocycles. The van der Waals surface area contributed by atoms with Crippen LogP contribution in [0.3, 0.4) is 0 Å². The Bertz CT molecular complexity index is 1370. The summed E-state index contributed by atoms with van der Waals surface area (Å²) in [5.41, 5.74) is 1.80. The normalized spacial score (nSPS) is 19.1. The number of sulfonamides is 1. The highest BCUT2D eigenvalue weighted by molar-refractivity contribution is 7.89. The average Bonchev–Trinajstić information content (AvgIpc) is 3.30. The van der Waals surface area contributed by atoms with Gasteiger partial charge >= 0.3 is 0 Å². The van der Waals surface area contributed by atoms with E-state index in [1.165, 1.54) is 4.31 Å². The van der Waals surface area contributed by atoms with E-state index in [9.17, 15) is 13.2 Å². The molecule has 0 aliphatic carbocycles. The Morgan fingerprint density at radius 1 is 1.14 bits per heavy atom. The lowest BCUT2D eigenvalue weighted by atomic mass is 9.86. The van der Waals surface area contributed by atoms with Crippen LogP contribution in [0.4, 0.5) is 5.95 Å². The number of hydrogen-bond acceptors (Lipinski definition) is 8. The van der Waals surface area contributed by atoms with Crippen LogP contribution in [0.2, 0.25) is 5.02 Å². The van der Waals surface area contributed by atoms with E-state index in [4.69, 9.17) is 16.6 Å². The number of nitrogens with one attached hydrogen (secondary N) is 2. The summed E-state index contributed by atoms with van der Waals surface area (Å²) in [6.45, 7) is 1.91. The van der Waals surface area contributed by atoms with Gasteiger partial charge in [-0.3, -0.25) is 4.79 Å². The number of hydrogen-bond donors (Lipinski definition) is 2. The predicted octanol–water partition coefficient (Wildman–Crippen LogP) is 1.65. The van der Waals surface area contributed by atoms with Gasteiger partial charge in [-0.15, -0.1) is 0 Å². The molecule has 3 aromatic rings. The first-order valence-corrected chi connectivity index (χ1v) is 13.7. The van der Waals surface area contributed by atoms with Crippen molar-refractivity contribution in [2.75, 3.05) is 51.7 Å². The Hall–Kier alpha value is -2.80. The third-order valence-corrected chi connectivity index (χ3v) is 8.67. The highest BCUT2D eigenvalue weighted by Crippen LogP contribution is 2.35. The summed E-state index contributed by atoms with van der Waals surface area (Å²) in [5.74, 6) is 0.533. The van der Waals surface area contributed by atoms with Crippen LogP contribution in [0.5, 0.6) is 0 Å². The molecular weight excluding hydrogens is 504 g/mol. The second kappa shape index (κ2) is 9.92. The molecule has 2 aliphatic rings. The lowest BCUT2D eigenvalue weighted by molar-refractivity contribution is -0.138. The van der Waals surface area contributed by atoms with Crippen molar-refractivity contribution >= 4 is 44.5 Å². The predicted molar refractivity (Wildman–Crippen MR) is 136 cm³/mol. The van der Waals surface area contributed by atoms with Crippen molar-refractivity contribution in [3.8, 4) is 0 Å². The molecule has 0 spiro atoms. The molecule has 192 valence electrons. The van der Waals surface area contributed by atoms with Crippen LogP contribution < -0.4 is 10.2 Å². The number of piperidine rings is 1. The van der Waals surface area contributed by atoms with E-state index in [-0.39, 0.29) is 42.7 Å². The fraction of sp³-hybridized carbons (Fsp3) is 0.478. The van der Waals surface area contributed by atoms with E-state index in [0.29, 0.717) is 22.0 Å². The Balaban J connectivity index is 1.41. The van der Waals surface area contributed by atoms with Gasteiger partial charge in [-0.2, -0.15) is 4.31 Å². The molecule has 2 fully saturated rings. The zero-order chi connectivity index (χ0) is 25.4. The van der Waals surface area contributed by atoms with Gasteiger partial charge in [0.25, 0.3) is 10.0 Å². The minimum Gasteiger partial charge on any atom is -0.347 e. The van der Waals surface area contributed by atoms with Gasteiger partial charge in [0.2, 0.25) is 17.0 Å². The number of carbonyl (C=O) groups is 1. The van der Waals surface area contributed by atoms with Crippen molar-refractivity contribution in [1.82, 2.24) is 34.5 Å². The number of halogens is 1. The SMILES string of the molecule is CN(C)c1nccc(C(C2CCNCC2)N2CCN(S(=O)(=O)c3nc4ccc(Cl)cc4[nH]3)CC2=O)n1. The van der Waals surface area contributed by atoms with E-state index >= 15 is 0 Å². The minimum atomic E-state index is -3.99. The second-order valence-corrected chi connectivity index (χ2v) is 11.6. The number of imidazole rings is 1. The highest BCUT2D eigenvalue weighted by atomic mass is 35.5. The lowest BCUT2D eigenvalue weighted by Crippen LogP contribution is -2.55. The number of piperazine rings is 1. The fourth-order valence-electron chi connectivity index (χ4n) is 4.92. The van der Waals surface area contributed by atoms with Gasteiger partial charge in [0.15, 0.2) is 0 Å². The van der Waals surface area contributed by atoms with E-state index in [2.05, 4.69) is 20.3 Å². The van der Waals surface area contributed by atoms with Gasteiger partial charge in [-0.25, -0.2) is 23.4 Å². The molecule has 1 amide bonds. The summed E-state index contributed by atoms with van der Waals surface area (Å²) in [7, 11) is -0.244. The molecule has 2 N–H and O–H groups in total. The van der Waals surface area contributed by atoms with Crippen LogP contribution in [-0.2, 0) is 14.8 Å². The Labute approximate surface area is 214 Å². The topological polar surface area (TPSA) is 127 Å². The highest BCUT2D eigenvalue weighted by Gasteiger charge is 2.40.